The molecule has 0 radical (unpaired) electrons. The molecule has 1 saturated heterocycles. The average Bonchev–Trinajstić information content (AvgIpc) is 2.63. The Morgan fingerprint density at radius 3 is 2.35 bits per heavy atom. The van der Waals surface area contributed by atoms with Gasteiger partial charge in [0.15, 0.2) is 6.10 Å². The number of aliphatic carboxylic acids is 1. The van der Waals surface area contributed by atoms with Crippen molar-refractivity contribution in [3.8, 4) is 0 Å². The molecule has 98 valence electrons. The summed E-state index contributed by atoms with van der Waals surface area (Å²) in [6, 6.07) is 0. The number of alkyl halides is 3. The third-order valence-corrected chi connectivity index (χ3v) is 2.30. The average molecular weight is 255 g/mol. The van der Waals surface area contributed by atoms with Gasteiger partial charge in [0.1, 0.15) is 6.10 Å². The number of carbonyl (C=O) groups excluding carboxylic acids is 1. The summed E-state index contributed by atoms with van der Waals surface area (Å²) in [7, 11) is 0. The molecule has 0 saturated carbocycles. The molecule has 2 N–H and O–H groups in total. The Morgan fingerprint density at radius 1 is 1.29 bits per heavy atom. The second-order valence-corrected chi connectivity index (χ2v) is 3.69. The Morgan fingerprint density at radius 2 is 1.88 bits per heavy atom. The number of halogens is 3. The molecule has 1 aliphatic heterocycles. The molecule has 0 bridgehead atoms. The predicted molar refractivity (Wildman–Crippen MR) is 49.2 cm³/mol. The van der Waals surface area contributed by atoms with Gasteiger partial charge in [-0.05, 0) is 12.8 Å². The van der Waals surface area contributed by atoms with Crippen molar-refractivity contribution in [3.05, 3.63) is 0 Å². The van der Waals surface area contributed by atoms with Crippen molar-refractivity contribution in [1.29, 1.82) is 0 Å². The van der Waals surface area contributed by atoms with E-state index in [9.17, 15) is 22.8 Å². The topological polar surface area (TPSA) is 75.6 Å². The normalized spacial score (nSPS) is 24.6. The lowest BCUT2D eigenvalue weighted by Gasteiger charge is -2.12. The van der Waals surface area contributed by atoms with E-state index in [1.165, 1.54) is 0 Å². The molecule has 17 heavy (non-hydrogen) atoms. The van der Waals surface area contributed by atoms with Crippen LogP contribution in [0.3, 0.4) is 0 Å². The smallest absolute Gasteiger partial charge is 0.390 e. The molecule has 0 aromatic carbocycles. The molecule has 1 aliphatic rings. The van der Waals surface area contributed by atoms with E-state index in [0.717, 1.165) is 0 Å². The fraction of sp³-hybridized carbons (Fsp3) is 0.778. The zero-order valence-corrected chi connectivity index (χ0v) is 8.79. The minimum Gasteiger partial charge on any atom is -0.479 e. The molecule has 0 aliphatic carbocycles. The number of hydrogen-bond acceptors (Lipinski definition) is 3. The molecule has 1 rings (SSSR count). The SMILES string of the molecule is O=C(NCCC(F)(F)F)[C@@H]1CC[C@H](C(=O)O)O1. The summed E-state index contributed by atoms with van der Waals surface area (Å²) in [4.78, 5) is 21.8. The van der Waals surface area contributed by atoms with E-state index in [1.807, 2.05) is 0 Å². The highest BCUT2D eigenvalue weighted by molar-refractivity contribution is 5.82. The standard InChI is InChI=1S/C9H12F3NO4/c10-9(11,12)3-4-13-7(14)5-1-2-6(17-5)8(15)16/h5-6H,1-4H2,(H,13,14)(H,15,16)/t5-,6+/m0/s1. The van der Waals surface area contributed by atoms with Gasteiger partial charge in [-0.25, -0.2) is 4.79 Å². The van der Waals surface area contributed by atoms with Crippen LogP contribution in [0.1, 0.15) is 19.3 Å². The van der Waals surface area contributed by atoms with Crippen LogP contribution in [0.4, 0.5) is 13.2 Å². The molecule has 1 fully saturated rings. The van der Waals surface area contributed by atoms with Crippen LogP contribution in [0, 0.1) is 0 Å². The Labute approximate surface area is 94.9 Å². The molecular formula is C9H12F3NO4. The first-order chi connectivity index (χ1) is 7.79. The van der Waals surface area contributed by atoms with Gasteiger partial charge in [-0.2, -0.15) is 13.2 Å². The molecule has 2 atom stereocenters. The zero-order valence-electron chi connectivity index (χ0n) is 8.79. The summed E-state index contributed by atoms with van der Waals surface area (Å²) in [6.45, 7) is -0.528. The van der Waals surface area contributed by atoms with Crippen molar-refractivity contribution in [2.45, 2.75) is 37.6 Å². The van der Waals surface area contributed by atoms with E-state index in [1.54, 1.807) is 0 Å². The lowest BCUT2D eigenvalue weighted by atomic mass is 10.2. The fourth-order valence-corrected chi connectivity index (χ4v) is 1.45. The highest BCUT2D eigenvalue weighted by atomic mass is 19.4. The lowest BCUT2D eigenvalue weighted by Crippen LogP contribution is -2.37. The molecule has 0 aromatic rings. The van der Waals surface area contributed by atoms with Gasteiger partial charge in [-0.3, -0.25) is 4.79 Å². The summed E-state index contributed by atoms with van der Waals surface area (Å²) >= 11 is 0. The van der Waals surface area contributed by atoms with E-state index in [2.05, 4.69) is 5.32 Å². The first-order valence-corrected chi connectivity index (χ1v) is 5.02. The molecule has 5 nitrogen and oxygen atoms in total. The zero-order chi connectivity index (χ0) is 13.1. The highest BCUT2D eigenvalue weighted by Crippen LogP contribution is 2.21. The number of carboxylic acid groups (broad SMARTS) is 1. The first kappa shape index (κ1) is 13.8. The second kappa shape index (κ2) is 5.35. The summed E-state index contributed by atoms with van der Waals surface area (Å²) < 4.78 is 40.2. The number of ether oxygens (including phenoxy) is 1. The van der Waals surface area contributed by atoms with E-state index in [4.69, 9.17) is 9.84 Å². The van der Waals surface area contributed by atoms with Gasteiger partial charge in [0.25, 0.3) is 0 Å². The van der Waals surface area contributed by atoms with Crippen LogP contribution < -0.4 is 5.32 Å². The van der Waals surface area contributed by atoms with Gasteiger partial charge in [0.05, 0.1) is 6.42 Å². The first-order valence-electron chi connectivity index (χ1n) is 5.02. The summed E-state index contributed by atoms with van der Waals surface area (Å²) in [6.07, 6.45) is -7.07. The van der Waals surface area contributed by atoms with E-state index < -0.39 is 43.2 Å². The van der Waals surface area contributed by atoms with Crippen molar-refractivity contribution in [2.75, 3.05) is 6.54 Å². The number of amides is 1. The molecule has 0 unspecified atom stereocenters. The minimum atomic E-state index is -4.33. The quantitative estimate of drug-likeness (QED) is 0.774. The summed E-state index contributed by atoms with van der Waals surface area (Å²) in [5.74, 6) is -1.87. The summed E-state index contributed by atoms with van der Waals surface area (Å²) in [5.41, 5.74) is 0. The number of rotatable bonds is 4. The Kier molecular flexibility index (Phi) is 4.33. The monoisotopic (exact) mass is 255 g/mol. The number of carboxylic acids is 1. The third-order valence-electron chi connectivity index (χ3n) is 2.30. The molecular weight excluding hydrogens is 243 g/mol. The van der Waals surface area contributed by atoms with Crippen LogP contribution in [-0.4, -0.2) is 41.9 Å². The van der Waals surface area contributed by atoms with Gasteiger partial charge in [0, 0.05) is 6.54 Å². The van der Waals surface area contributed by atoms with Crippen LogP contribution in [-0.2, 0) is 14.3 Å². The largest absolute Gasteiger partial charge is 0.479 e. The van der Waals surface area contributed by atoms with E-state index in [-0.39, 0.29) is 12.8 Å². The Balaban J connectivity index is 2.28. The maximum atomic E-state index is 11.8. The van der Waals surface area contributed by atoms with Crippen molar-refractivity contribution in [3.63, 3.8) is 0 Å². The molecule has 1 amide bonds. The van der Waals surface area contributed by atoms with Crippen molar-refractivity contribution >= 4 is 11.9 Å². The van der Waals surface area contributed by atoms with E-state index >= 15 is 0 Å². The summed E-state index contributed by atoms with van der Waals surface area (Å²) in [5, 5.41) is 10.7. The number of hydrogen-bond donors (Lipinski definition) is 2. The maximum absolute atomic E-state index is 11.8. The van der Waals surface area contributed by atoms with Gasteiger partial charge in [-0.15, -0.1) is 0 Å². The van der Waals surface area contributed by atoms with E-state index in [0.29, 0.717) is 0 Å². The fourth-order valence-electron chi connectivity index (χ4n) is 1.45. The Bertz CT molecular complexity index is 305. The molecule has 8 heteroatoms. The highest BCUT2D eigenvalue weighted by Gasteiger charge is 2.35. The van der Waals surface area contributed by atoms with Crippen LogP contribution in [0.5, 0.6) is 0 Å². The molecule has 0 aromatic heterocycles. The molecule has 0 spiro atoms. The van der Waals surface area contributed by atoms with Crippen LogP contribution >= 0.6 is 0 Å². The number of nitrogens with one attached hydrogen (secondary N) is 1. The van der Waals surface area contributed by atoms with Crippen LogP contribution in [0.2, 0.25) is 0 Å². The minimum absolute atomic E-state index is 0.187. The van der Waals surface area contributed by atoms with Gasteiger partial charge in [0.2, 0.25) is 5.91 Å². The van der Waals surface area contributed by atoms with Crippen LogP contribution in [0.25, 0.3) is 0 Å². The third kappa shape index (κ3) is 4.59. The van der Waals surface area contributed by atoms with Crippen molar-refractivity contribution in [1.82, 2.24) is 5.32 Å². The van der Waals surface area contributed by atoms with Crippen molar-refractivity contribution in [2.24, 2.45) is 0 Å². The molecule has 1 heterocycles. The predicted octanol–water partition coefficient (Wildman–Crippen LogP) is 0.687. The van der Waals surface area contributed by atoms with Crippen molar-refractivity contribution < 1.29 is 32.6 Å². The van der Waals surface area contributed by atoms with Gasteiger partial charge >= 0.3 is 12.1 Å². The second-order valence-electron chi connectivity index (χ2n) is 3.69. The van der Waals surface area contributed by atoms with Gasteiger partial charge < -0.3 is 15.2 Å². The lowest BCUT2D eigenvalue weighted by molar-refractivity contribution is -0.152. The Hall–Kier alpha value is -1.31. The van der Waals surface area contributed by atoms with Gasteiger partial charge in [-0.1, -0.05) is 0 Å². The number of carbonyl (C=O) groups is 2. The van der Waals surface area contributed by atoms with Crippen LogP contribution in [0.15, 0.2) is 0 Å². The maximum Gasteiger partial charge on any atom is 0.390 e.